The van der Waals surface area contributed by atoms with E-state index in [2.05, 4.69) is 17.1 Å². The molecule has 1 aromatic carbocycles. The Bertz CT molecular complexity index is 696. The van der Waals surface area contributed by atoms with E-state index in [0.717, 1.165) is 9.84 Å². The summed E-state index contributed by atoms with van der Waals surface area (Å²) >= 11 is 1.58. The Morgan fingerprint density at radius 3 is 2.58 bits per heavy atom. The average Bonchev–Trinajstić information content (AvgIpc) is 2.96. The van der Waals surface area contributed by atoms with Gasteiger partial charge in [-0.3, -0.25) is 9.20 Å². The average molecular weight is 271 g/mol. The maximum Gasteiger partial charge on any atom is 0.273 e. The summed E-state index contributed by atoms with van der Waals surface area (Å²) in [6.45, 7) is 0. The van der Waals surface area contributed by atoms with Gasteiger partial charge in [0.05, 0.1) is 4.88 Å². The van der Waals surface area contributed by atoms with E-state index in [1.54, 1.807) is 31.6 Å². The van der Waals surface area contributed by atoms with Crippen molar-refractivity contribution in [3.63, 3.8) is 0 Å². The molecule has 2 heterocycles. The van der Waals surface area contributed by atoms with Gasteiger partial charge in [0.2, 0.25) is 0 Å². The molecule has 0 atom stereocenters. The molecule has 0 unspecified atom stereocenters. The summed E-state index contributed by atoms with van der Waals surface area (Å²) in [5.41, 5.74) is 1.65. The number of hydrogen-bond donors (Lipinski definition) is 0. The van der Waals surface area contributed by atoms with Crippen molar-refractivity contribution < 1.29 is 4.79 Å². The van der Waals surface area contributed by atoms with Crippen molar-refractivity contribution in [3.05, 3.63) is 48.4 Å². The third-order valence-electron chi connectivity index (χ3n) is 2.84. The predicted octanol–water partition coefficient (Wildman–Crippen LogP) is 2.76. The van der Waals surface area contributed by atoms with Crippen LogP contribution in [0, 0.1) is 0 Å². The van der Waals surface area contributed by atoms with Gasteiger partial charge in [0.1, 0.15) is 5.69 Å². The first-order chi connectivity index (χ1) is 9.15. The molecule has 96 valence electrons. The highest BCUT2D eigenvalue weighted by Gasteiger charge is 2.14. The van der Waals surface area contributed by atoms with Crippen LogP contribution in [0.1, 0.15) is 10.5 Å². The summed E-state index contributed by atoms with van der Waals surface area (Å²) in [6.07, 6.45) is 3.79. The third kappa shape index (κ3) is 2.13. The number of imidazole rings is 1. The fraction of sp³-hybridized carbons (Fsp3) is 0.143. The van der Waals surface area contributed by atoms with Crippen LogP contribution in [0.3, 0.4) is 0 Å². The molecule has 19 heavy (non-hydrogen) atoms. The molecule has 2 aromatic heterocycles. The first kappa shape index (κ1) is 11.9. The van der Waals surface area contributed by atoms with Crippen LogP contribution < -0.4 is 0 Å². The summed E-state index contributed by atoms with van der Waals surface area (Å²) in [5.74, 6) is -0.0721. The predicted molar refractivity (Wildman–Crippen MR) is 76.5 cm³/mol. The van der Waals surface area contributed by atoms with Crippen LogP contribution >= 0.6 is 11.3 Å². The van der Waals surface area contributed by atoms with E-state index in [9.17, 15) is 4.79 Å². The number of rotatable bonds is 2. The molecule has 0 aliphatic heterocycles. The number of carbonyl (C=O) groups excluding carboxylic acids is 1. The molecular formula is C14H13N3OS. The largest absolute Gasteiger partial charge is 0.343 e. The lowest BCUT2D eigenvalue weighted by molar-refractivity contribution is 0.0822. The van der Waals surface area contributed by atoms with Gasteiger partial charge in [0.25, 0.3) is 5.91 Å². The summed E-state index contributed by atoms with van der Waals surface area (Å²) in [6, 6.07) is 10.2. The molecule has 0 fully saturated rings. The van der Waals surface area contributed by atoms with Crippen LogP contribution in [0.2, 0.25) is 0 Å². The van der Waals surface area contributed by atoms with Crippen molar-refractivity contribution in [2.24, 2.45) is 0 Å². The fourth-order valence-electron chi connectivity index (χ4n) is 1.86. The van der Waals surface area contributed by atoms with Crippen LogP contribution in [0.15, 0.2) is 42.7 Å². The van der Waals surface area contributed by atoms with Crippen molar-refractivity contribution in [1.82, 2.24) is 14.3 Å². The molecule has 3 rings (SSSR count). The molecule has 5 heteroatoms. The van der Waals surface area contributed by atoms with Gasteiger partial charge in [-0.1, -0.05) is 41.7 Å². The molecule has 1 amide bonds. The first-order valence-electron chi connectivity index (χ1n) is 5.91. The smallest absolute Gasteiger partial charge is 0.273 e. The maximum atomic E-state index is 11.8. The van der Waals surface area contributed by atoms with Gasteiger partial charge < -0.3 is 4.90 Å². The van der Waals surface area contributed by atoms with E-state index in [1.165, 1.54) is 10.5 Å². The molecule has 3 aromatic rings. The highest BCUT2D eigenvalue weighted by atomic mass is 32.1. The van der Waals surface area contributed by atoms with Gasteiger partial charge in [-0.05, 0) is 5.56 Å². The highest BCUT2D eigenvalue weighted by Crippen LogP contribution is 2.28. The van der Waals surface area contributed by atoms with E-state index in [1.807, 2.05) is 28.8 Å². The van der Waals surface area contributed by atoms with Gasteiger partial charge in [0, 0.05) is 26.5 Å². The van der Waals surface area contributed by atoms with E-state index < -0.39 is 0 Å². The number of aromatic nitrogens is 2. The molecule has 4 nitrogen and oxygen atoms in total. The lowest BCUT2D eigenvalue weighted by Gasteiger charge is -2.06. The molecule has 0 bridgehead atoms. The molecule has 0 spiro atoms. The number of thiazole rings is 1. The second-order valence-corrected chi connectivity index (χ2v) is 5.49. The molecule has 0 saturated carbocycles. The summed E-state index contributed by atoms with van der Waals surface area (Å²) < 4.78 is 1.91. The monoisotopic (exact) mass is 271 g/mol. The van der Waals surface area contributed by atoms with Crippen LogP contribution in [-0.4, -0.2) is 34.3 Å². The number of nitrogens with zero attached hydrogens (tertiary/aromatic N) is 3. The van der Waals surface area contributed by atoms with Gasteiger partial charge in [-0.2, -0.15) is 0 Å². The minimum Gasteiger partial charge on any atom is -0.343 e. The Hall–Kier alpha value is -2.14. The van der Waals surface area contributed by atoms with E-state index >= 15 is 0 Å². The lowest BCUT2D eigenvalue weighted by atomic mass is 10.2. The Morgan fingerprint density at radius 1 is 1.21 bits per heavy atom. The van der Waals surface area contributed by atoms with Crippen LogP contribution in [-0.2, 0) is 0 Å². The van der Waals surface area contributed by atoms with Crippen molar-refractivity contribution in [1.29, 1.82) is 0 Å². The SMILES string of the molecule is CN(C)C(=O)c1cn2cc(-c3ccccc3)sc2n1. The Labute approximate surface area is 114 Å². The summed E-state index contributed by atoms with van der Waals surface area (Å²) in [7, 11) is 3.45. The summed E-state index contributed by atoms with van der Waals surface area (Å²) in [4.78, 5) is 19.7. The molecule has 0 aliphatic rings. The number of amides is 1. The Balaban J connectivity index is 2.01. The van der Waals surface area contributed by atoms with Crippen LogP contribution in [0.5, 0.6) is 0 Å². The molecule has 0 aliphatic carbocycles. The van der Waals surface area contributed by atoms with Crippen molar-refractivity contribution in [2.45, 2.75) is 0 Å². The van der Waals surface area contributed by atoms with Crippen molar-refractivity contribution in [2.75, 3.05) is 14.1 Å². The quantitative estimate of drug-likeness (QED) is 0.718. The van der Waals surface area contributed by atoms with Crippen molar-refractivity contribution in [3.8, 4) is 10.4 Å². The maximum absolute atomic E-state index is 11.8. The second-order valence-electron chi connectivity index (χ2n) is 4.48. The number of hydrogen-bond acceptors (Lipinski definition) is 3. The van der Waals surface area contributed by atoms with E-state index in [0.29, 0.717) is 5.69 Å². The van der Waals surface area contributed by atoms with Crippen molar-refractivity contribution >= 4 is 22.2 Å². The highest BCUT2D eigenvalue weighted by molar-refractivity contribution is 7.20. The van der Waals surface area contributed by atoms with Crippen LogP contribution in [0.25, 0.3) is 15.4 Å². The molecular weight excluding hydrogens is 258 g/mol. The van der Waals surface area contributed by atoms with E-state index in [-0.39, 0.29) is 5.91 Å². The first-order valence-corrected chi connectivity index (χ1v) is 6.72. The van der Waals surface area contributed by atoms with Gasteiger partial charge >= 0.3 is 0 Å². The fourth-order valence-corrected chi connectivity index (χ4v) is 2.84. The number of fused-ring (bicyclic) bond motifs is 1. The Kier molecular flexibility index (Phi) is 2.83. The molecule has 0 radical (unpaired) electrons. The molecule has 0 N–H and O–H groups in total. The number of benzene rings is 1. The van der Waals surface area contributed by atoms with Gasteiger partial charge in [0.15, 0.2) is 4.96 Å². The normalized spacial score (nSPS) is 10.8. The Morgan fingerprint density at radius 2 is 1.95 bits per heavy atom. The minimum atomic E-state index is -0.0721. The zero-order valence-electron chi connectivity index (χ0n) is 10.7. The topological polar surface area (TPSA) is 37.6 Å². The number of carbonyl (C=O) groups is 1. The van der Waals surface area contributed by atoms with E-state index in [4.69, 9.17) is 0 Å². The van der Waals surface area contributed by atoms with Gasteiger partial charge in [-0.15, -0.1) is 0 Å². The molecule has 0 saturated heterocycles. The zero-order chi connectivity index (χ0) is 13.4. The minimum absolute atomic E-state index is 0.0721. The zero-order valence-corrected chi connectivity index (χ0v) is 11.5. The standard InChI is InChI=1S/C14H13N3OS/c1-16(2)13(18)11-8-17-9-12(19-14(17)15-11)10-6-4-3-5-7-10/h3-9H,1-2H3. The summed E-state index contributed by atoms with van der Waals surface area (Å²) in [5, 5.41) is 0. The van der Waals surface area contributed by atoms with Crippen LogP contribution in [0.4, 0.5) is 0 Å². The lowest BCUT2D eigenvalue weighted by Crippen LogP contribution is -2.21. The van der Waals surface area contributed by atoms with Gasteiger partial charge in [-0.25, -0.2) is 4.98 Å². The third-order valence-corrected chi connectivity index (χ3v) is 3.89. The second kappa shape index (κ2) is 4.51.